The average molecular weight is 221 g/mol. The molecule has 0 fully saturated rings. The molecule has 2 aromatic heterocycles. The van der Waals surface area contributed by atoms with E-state index in [0.717, 1.165) is 27.9 Å². The van der Waals surface area contributed by atoms with Gasteiger partial charge in [-0.2, -0.15) is 0 Å². The van der Waals surface area contributed by atoms with Gasteiger partial charge in [0.05, 0.1) is 5.69 Å². The van der Waals surface area contributed by atoms with Crippen LogP contribution in [0.4, 0.5) is 0 Å². The molecule has 0 aromatic carbocycles. The zero-order valence-electron chi connectivity index (χ0n) is 8.60. The molecule has 15 heavy (non-hydrogen) atoms. The fourth-order valence-electron chi connectivity index (χ4n) is 1.20. The minimum atomic E-state index is 0.775. The molecule has 0 aliphatic carbocycles. The lowest BCUT2D eigenvalue weighted by molar-refractivity contribution is 0.392. The zero-order valence-corrected chi connectivity index (χ0v) is 9.41. The number of aryl methyl sites for hydroxylation is 2. The second-order valence-corrected chi connectivity index (χ2v) is 4.07. The van der Waals surface area contributed by atoms with E-state index in [1.807, 2.05) is 13.8 Å². The lowest BCUT2D eigenvalue weighted by Crippen LogP contribution is -1.88. The molecule has 0 spiro atoms. The summed E-state index contributed by atoms with van der Waals surface area (Å²) in [6.45, 7) is 3.86. The van der Waals surface area contributed by atoms with Crippen LogP contribution in [0, 0.1) is 13.8 Å². The van der Waals surface area contributed by atoms with Crippen molar-refractivity contribution in [2.45, 2.75) is 24.8 Å². The monoisotopic (exact) mass is 221 g/mol. The van der Waals surface area contributed by atoms with Crippen molar-refractivity contribution in [1.82, 2.24) is 15.1 Å². The summed E-state index contributed by atoms with van der Waals surface area (Å²) in [4.78, 5) is 8.28. The summed E-state index contributed by atoms with van der Waals surface area (Å²) in [6.07, 6.45) is 3.48. The molecule has 0 N–H and O–H groups in total. The summed E-state index contributed by atoms with van der Waals surface area (Å²) in [5, 5.41) is 4.67. The van der Waals surface area contributed by atoms with Crippen molar-refractivity contribution in [3.8, 4) is 0 Å². The highest BCUT2D eigenvalue weighted by Gasteiger charge is 2.09. The summed E-state index contributed by atoms with van der Waals surface area (Å²) in [6, 6.07) is 1.81. The molecule has 2 rings (SSSR count). The van der Waals surface area contributed by atoms with Crippen LogP contribution < -0.4 is 0 Å². The maximum Gasteiger partial charge on any atom is 0.187 e. The Balaban J connectivity index is 2.05. The van der Waals surface area contributed by atoms with Gasteiger partial charge in [-0.3, -0.25) is 0 Å². The van der Waals surface area contributed by atoms with Crippen LogP contribution in [0.3, 0.4) is 0 Å². The standard InChI is InChI=1S/C10H11N3OS/c1-7-9(8(2)14-13-7)6-15-10-11-4-3-5-12-10/h3-5H,6H2,1-2H3. The molecule has 0 saturated heterocycles. The summed E-state index contributed by atoms with van der Waals surface area (Å²) >= 11 is 1.58. The van der Waals surface area contributed by atoms with E-state index >= 15 is 0 Å². The van der Waals surface area contributed by atoms with Gasteiger partial charge in [-0.1, -0.05) is 16.9 Å². The van der Waals surface area contributed by atoms with E-state index in [9.17, 15) is 0 Å². The maximum absolute atomic E-state index is 5.08. The number of hydrogen-bond acceptors (Lipinski definition) is 5. The van der Waals surface area contributed by atoms with Gasteiger partial charge < -0.3 is 4.52 Å². The topological polar surface area (TPSA) is 51.8 Å². The van der Waals surface area contributed by atoms with E-state index < -0.39 is 0 Å². The van der Waals surface area contributed by atoms with Gasteiger partial charge >= 0.3 is 0 Å². The van der Waals surface area contributed by atoms with Gasteiger partial charge in [-0.05, 0) is 19.9 Å². The minimum absolute atomic E-state index is 0.775. The van der Waals surface area contributed by atoms with Gasteiger partial charge in [0.1, 0.15) is 5.76 Å². The first-order valence-corrected chi connectivity index (χ1v) is 5.57. The van der Waals surface area contributed by atoms with Crippen LogP contribution in [0.15, 0.2) is 28.1 Å². The third kappa shape index (κ3) is 2.36. The predicted octanol–water partition coefficient (Wildman–Crippen LogP) is 2.37. The molecule has 0 radical (unpaired) electrons. The SMILES string of the molecule is Cc1noc(C)c1CSc1ncccn1. The first-order chi connectivity index (χ1) is 7.27. The summed E-state index contributed by atoms with van der Waals surface area (Å²) < 4.78 is 5.08. The van der Waals surface area contributed by atoms with E-state index in [2.05, 4.69) is 15.1 Å². The van der Waals surface area contributed by atoms with Gasteiger partial charge in [-0.25, -0.2) is 9.97 Å². The van der Waals surface area contributed by atoms with Crippen LogP contribution in [0.25, 0.3) is 0 Å². The number of nitrogens with zero attached hydrogens (tertiary/aromatic N) is 3. The van der Waals surface area contributed by atoms with E-state index in [1.54, 1.807) is 30.2 Å². The molecule has 0 amide bonds. The Morgan fingerprint density at radius 1 is 1.27 bits per heavy atom. The van der Waals surface area contributed by atoms with E-state index in [4.69, 9.17) is 4.52 Å². The number of rotatable bonds is 3. The second kappa shape index (κ2) is 4.44. The quantitative estimate of drug-likeness (QED) is 0.588. The van der Waals surface area contributed by atoms with Crippen molar-refractivity contribution in [3.05, 3.63) is 35.5 Å². The van der Waals surface area contributed by atoms with Crippen molar-refractivity contribution in [2.24, 2.45) is 0 Å². The Morgan fingerprint density at radius 2 is 2.00 bits per heavy atom. The highest BCUT2D eigenvalue weighted by atomic mass is 32.2. The first kappa shape index (κ1) is 10.2. The van der Waals surface area contributed by atoms with Crippen LogP contribution in [0.2, 0.25) is 0 Å². The zero-order chi connectivity index (χ0) is 10.7. The third-order valence-electron chi connectivity index (χ3n) is 2.07. The third-order valence-corrected chi connectivity index (χ3v) is 2.97. The fourth-order valence-corrected chi connectivity index (χ4v) is 2.16. The van der Waals surface area contributed by atoms with Crippen molar-refractivity contribution >= 4 is 11.8 Å². The van der Waals surface area contributed by atoms with Gasteiger partial charge in [0, 0.05) is 23.7 Å². The summed E-state index contributed by atoms with van der Waals surface area (Å²) in [5.41, 5.74) is 2.07. The van der Waals surface area contributed by atoms with Crippen LogP contribution in [0.1, 0.15) is 17.0 Å². The van der Waals surface area contributed by atoms with Crippen LogP contribution >= 0.6 is 11.8 Å². The Kier molecular flexibility index (Phi) is 3.01. The molecule has 2 heterocycles. The van der Waals surface area contributed by atoms with Crippen LogP contribution in [0.5, 0.6) is 0 Å². The molecule has 78 valence electrons. The van der Waals surface area contributed by atoms with Gasteiger partial charge in [0.25, 0.3) is 0 Å². The minimum Gasteiger partial charge on any atom is -0.361 e. The van der Waals surface area contributed by atoms with Crippen LogP contribution in [-0.2, 0) is 5.75 Å². The molecule has 2 aromatic rings. The molecule has 0 bridgehead atoms. The lowest BCUT2D eigenvalue weighted by Gasteiger charge is -1.98. The Labute approximate surface area is 92.1 Å². The highest BCUT2D eigenvalue weighted by molar-refractivity contribution is 7.98. The first-order valence-electron chi connectivity index (χ1n) is 4.59. The predicted molar refractivity (Wildman–Crippen MR) is 57.6 cm³/mol. The molecule has 0 aliphatic rings. The van der Waals surface area contributed by atoms with E-state index in [0.29, 0.717) is 0 Å². The number of hydrogen-bond donors (Lipinski definition) is 0. The molecular weight excluding hydrogens is 210 g/mol. The molecular formula is C10H11N3OS. The van der Waals surface area contributed by atoms with Gasteiger partial charge in [0.15, 0.2) is 5.16 Å². The van der Waals surface area contributed by atoms with Crippen molar-refractivity contribution in [3.63, 3.8) is 0 Å². The smallest absolute Gasteiger partial charge is 0.187 e. The second-order valence-electron chi connectivity index (χ2n) is 3.12. The van der Waals surface area contributed by atoms with Crippen molar-refractivity contribution < 1.29 is 4.52 Å². The Bertz CT molecular complexity index is 422. The number of thioether (sulfide) groups is 1. The average Bonchev–Trinajstić information content (AvgIpc) is 2.58. The highest BCUT2D eigenvalue weighted by Crippen LogP contribution is 2.22. The Morgan fingerprint density at radius 3 is 2.60 bits per heavy atom. The van der Waals surface area contributed by atoms with E-state index in [1.165, 1.54) is 0 Å². The molecule has 0 saturated carbocycles. The maximum atomic E-state index is 5.08. The van der Waals surface area contributed by atoms with E-state index in [-0.39, 0.29) is 0 Å². The fraction of sp³-hybridized carbons (Fsp3) is 0.300. The Hall–Kier alpha value is -1.36. The molecule has 4 nitrogen and oxygen atoms in total. The van der Waals surface area contributed by atoms with Crippen molar-refractivity contribution in [1.29, 1.82) is 0 Å². The summed E-state index contributed by atoms with van der Waals surface area (Å²) in [7, 11) is 0. The molecule has 5 heteroatoms. The molecule has 0 aliphatic heterocycles. The largest absolute Gasteiger partial charge is 0.361 e. The van der Waals surface area contributed by atoms with Gasteiger partial charge in [-0.15, -0.1) is 0 Å². The molecule has 0 atom stereocenters. The number of aromatic nitrogens is 3. The lowest BCUT2D eigenvalue weighted by atomic mass is 10.2. The molecule has 0 unspecified atom stereocenters. The normalized spacial score (nSPS) is 10.5. The summed E-state index contributed by atoms with van der Waals surface area (Å²) in [5.74, 6) is 1.67. The van der Waals surface area contributed by atoms with Gasteiger partial charge in [0.2, 0.25) is 0 Å². The van der Waals surface area contributed by atoms with Crippen LogP contribution in [-0.4, -0.2) is 15.1 Å². The van der Waals surface area contributed by atoms with Crippen molar-refractivity contribution in [2.75, 3.05) is 0 Å².